The van der Waals surface area contributed by atoms with Crippen LogP contribution in [0.3, 0.4) is 0 Å². The molecule has 0 aromatic heterocycles. The molecule has 2 saturated carbocycles. The molecule has 0 radical (unpaired) electrons. The Labute approximate surface area is 116 Å². The van der Waals surface area contributed by atoms with Crippen LogP contribution in [0.25, 0.3) is 0 Å². The summed E-state index contributed by atoms with van der Waals surface area (Å²) in [6.45, 7) is 4.17. The molecule has 2 nitrogen and oxygen atoms in total. The summed E-state index contributed by atoms with van der Waals surface area (Å²) in [4.78, 5) is 0. The molecule has 1 aromatic rings. The average molecular weight is 259 g/mol. The van der Waals surface area contributed by atoms with Crippen molar-refractivity contribution in [2.75, 3.05) is 13.2 Å². The second-order valence-electron chi connectivity index (χ2n) is 6.04. The molecule has 0 aliphatic heterocycles. The summed E-state index contributed by atoms with van der Waals surface area (Å²) >= 11 is 0. The van der Waals surface area contributed by atoms with Crippen LogP contribution >= 0.6 is 0 Å². The predicted molar refractivity (Wildman–Crippen MR) is 78.7 cm³/mol. The molecule has 19 heavy (non-hydrogen) atoms. The van der Waals surface area contributed by atoms with E-state index in [4.69, 9.17) is 4.74 Å². The van der Waals surface area contributed by atoms with Gasteiger partial charge < -0.3 is 10.1 Å². The summed E-state index contributed by atoms with van der Waals surface area (Å²) in [6.07, 6.45) is 6.59. The molecular formula is C17H25NO. The van der Waals surface area contributed by atoms with E-state index in [0.29, 0.717) is 0 Å². The van der Waals surface area contributed by atoms with Gasteiger partial charge in [0.1, 0.15) is 5.75 Å². The van der Waals surface area contributed by atoms with Gasteiger partial charge in [-0.15, -0.1) is 0 Å². The molecule has 0 bridgehead atoms. The van der Waals surface area contributed by atoms with Crippen LogP contribution in [0.1, 0.15) is 50.5 Å². The molecule has 0 amide bonds. The van der Waals surface area contributed by atoms with E-state index in [1.165, 1.54) is 37.8 Å². The highest BCUT2D eigenvalue weighted by Gasteiger charge is 2.33. The summed E-state index contributed by atoms with van der Waals surface area (Å²) in [6, 6.07) is 9.63. The molecule has 1 aromatic carbocycles. The Morgan fingerprint density at radius 1 is 1.11 bits per heavy atom. The van der Waals surface area contributed by atoms with Gasteiger partial charge in [0.15, 0.2) is 0 Å². The van der Waals surface area contributed by atoms with Gasteiger partial charge >= 0.3 is 0 Å². The molecule has 2 unspecified atom stereocenters. The highest BCUT2D eigenvalue weighted by Crippen LogP contribution is 2.42. The molecule has 2 fully saturated rings. The Balaban J connectivity index is 1.52. The number of hydrogen-bond donors (Lipinski definition) is 1. The summed E-state index contributed by atoms with van der Waals surface area (Å²) in [5.74, 6) is 2.63. The fourth-order valence-electron chi connectivity index (χ4n) is 2.89. The van der Waals surface area contributed by atoms with Crippen molar-refractivity contribution in [2.24, 2.45) is 5.92 Å². The van der Waals surface area contributed by atoms with Gasteiger partial charge in [-0.05, 0) is 68.2 Å². The van der Waals surface area contributed by atoms with Crippen LogP contribution in [0.15, 0.2) is 24.3 Å². The molecular weight excluding hydrogens is 234 g/mol. The molecule has 2 aliphatic rings. The number of hydrogen-bond acceptors (Lipinski definition) is 2. The van der Waals surface area contributed by atoms with Gasteiger partial charge in [0.05, 0.1) is 6.61 Å². The topological polar surface area (TPSA) is 21.3 Å². The summed E-state index contributed by atoms with van der Waals surface area (Å²) in [5, 5.41) is 3.67. The van der Waals surface area contributed by atoms with Crippen molar-refractivity contribution in [3.63, 3.8) is 0 Å². The Hall–Kier alpha value is -1.02. The normalized spacial score (nSPS) is 25.9. The van der Waals surface area contributed by atoms with Gasteiger partial charge in [0.25, 0.3) is 0 Å². The zero-order valence-corrected chi connectivity index (χ0v) is 11.9. The molecule has 1 N–H and O–H groups in total. The fourth-order valence-corrected chi connectivity index (χ4v) is 2.89. The Morgan fingerprint density at radius 2 is 1.89 bits per heavy atom. The minimum atomic E-state index is 0.770. The number of ether oxygens (including phenoxy) is 1. The van der Waals surface area contributed by atoms with Crippen molar-refractivity contribution in [1.82, 2.24) is 5.32 Å². The lowest BCUT2D eigenvalue weighted by Gasteiger charge is -2.37. The molecule has 3 rings (SSSR count). The van der Waals surface area contributed by atoms with Crippen molar-refractivity contribution in [2.45, 2.75) is 51.0 Å². The van der Waals surface area contributed by atoms with Gasteiger partial charge in [-0.25, -0.2) is 0 Å². The fraction of sp³-hybridized carbons (Fsp3) is 0.647. The van der Waals surface area contributed by atoms with Crippen molar-refractivity contribution < 1.29 is 4.74 Å². The zero-order valence-electron chi connectivity index (χ0n) is 11.9. The summed E-state index contributed by atoms with van der Waals surface area (Å²) in [7, 11) is 0. The van der Waals surface area contributed by atoms with E-state index in [0.717, 1.165) is 36.7 Å². The maximum atomic E-state index is 5.64. The average Bonchev–Trinajstić information content (AvgIpc) is 3.21. The molecule has 2 heteroatoms. The third kappa shape index (κ3) is 3.30. The third-order valence-corrected chi connectivity index (χ3v) is 4.44. The first-order chi connectivity index (χ1) is 9.36. The van der Waals surface area contributed by atoms with Gasteiger partial charge in [-0.1, -0.05) is 19.1 Å². The quantitative estimate of drug-likeness (QED) is 0.805. The lowest BCUT2D eigenvalue weighted by atomic mass is 9.70. The van der Waals surface area contributed by atoms with E-state index in [-0.39, 0.29) is 0 Å². The standard InChI is InChI=1S/C17H25NO/c1-2-11-19-16-8-3-13(4-9-16)17-10-5-14(17)12-18-15-6-7-15/h3-4,8-9,14-15,17-18H,2,5-7,10-12H2,1H3. The number of rotatable bonds is 7. The molecule has 2 atom stereocenters. The molecule has 104 valence electrons. The molecule has 0 spiro atoms. The first kappa shape index (κ1) is 13.0. The Bertz CT molecular complexity index is 396. The van der Waals surface area contributed by atoms with Gasteiger partial charge in [-0.3, -0.25) is 0 Å². The monoisotopic (exact) mass is 259 g/mol. The summed E-state index contributed by atoms with van der Waals surface area (Å²) < 4.78 is 5.64. The first-order valence-electron chi connectivity index (χ1n) is 7.83. The first-order valence-corrected chi connectivity index (χ1v) is 7.83. The van der Waals surface area contributed by atoms with E-state index in [2.05, 4.69) is 36.5 Å². The van der Waals surface area contributed by atoms with Gasteiger partial charge in [0, 0.05) is 6.04 Å². The lowest BCUT2D eigenvalue weighted by Crippen LogP contribution is -2.34. The van der Waals surface area contributed by atoms with Crippen LogP contribution in [0, 0.1) is 5.92 Å². The smallest absolute Gasteiger partial charge is 0.119 e. The van der Waals surface area contributed by atoms with Gasteiger partial charge in [0.2, 0.25) is 0 Å². The van der Waals surface area contributed by atoms with Crippen LogP contribution in [0.2, 0.25) is 0 Å². The number of benzene rings is 1. The van der Waals surface area contributed by atoms with Crippen molar-refractivity contribution in [1.29, 1.82) is 0 Å². The van der Waals surface area contributed by atoms with Crippen molar-refractivity contribution in [3.05, 3.63) is 29.8 Å². The second kappa shape index (κ2) is 5.96. The summed E-state index contributed by atoms with van der Waals surface area (Å²) in [5.41, 5.74) is 1.50. The largest absolute Gasteiger partial charge is 0.494 e. The highest BCUT2D eigenvalue weighted by atomic mass is 16.5. The molecule has 2 aliphatic carbocycles. The molecule has 0 saturated heterocycles. The van der Waals surface area contributed by atoms with Crippen molar-refractivity contribution in [3.8, 4) is 5.75 Å². The maximum Gasteiger partial charge on any atom is 0.119 e. The Kier molecular flexibility index (Phi) is 4.07. The van der Waals surface area contributed by atoms with Gasteiger partial charge in [-0.2, -0.15) is 0 Å². The highest BCUT2D eigenvalue weighted by molar-refractivity contribution is 5.31. The SMILES string of the molecule is CCCOc1ccc(C2CCC2CNC2CC2)cc1. The zero-order chi connectivity index (χ0) is 13.1. The van der Waals surface area contributed by atoms with E-state index >= 15 is 0 Å². The van der Waals surface area contributed by atoms with Crippen LogP contribution in [0.5, 0.6) is 5.75 Å². The van der Waals surface area contributed by atoms with Crippen LogP contribution < -0.4 is 10.1 Å². The van der Waals surface area contributed by atoms with Crippen LogP contribution in [0.4, 0.5) is 0 Å². The predicted octanol–water partition coefficient (Wildman–Crippen LogP) is 3.72. The second-order valence-corrected chi connectivity index (χ2v) is 6.04. The number of nitrogens with one attached hydrogen (secondary N) is 1. The van der Waals surface area contributed by atoms with Crippen molar-refractivity contribution >= 4 is 0 Å². The minimum Gasteiger partial charge on any atom is -0.494 e. The Morgan fingerprint density at radius 3 is 2.47 bits per heavy atom. The third-order valence-electron chi connectivity index (χ3n) is 4.44. The molecule has 0 heterocycles. The van der Waals surface area contributed by atoms with E-state index < -0.39 is 0 Å². The lowest BCUT2D eigenvalue weighted by molar-refractivity contribution is 0.245. The van der Waals surface area contributed by atoms with Crippen LogP contribution in [-0.4, -0.2) is 19.2 Å². The van der Waals surface area contributed by atoms with E-state index in [9.17, 15) is 0 Å². The van der Waals surface area contributed by atoms with E-state index in [1.807, 2.05) is 0 Å². The minimum absolute atomic E-state index is 0.770. The maximum absolute atomic E-state index is 5.64. The van der Waals surface area contributed by atoms with E-state index in [1.54, 1.807) is 0 Å². The van der Waals surface area contributed by atoms with Crippen LogP contribution in [-0.2, 0) is 0 Å².